The molecule has 0 saturated carbocycles. The SMILES string of the molecule is Nc1c(C(=O)N[C@@H]2C[C@H](c3ccccc3)c3ccccc32)[nH]c(=O)[nH]c1=O. The minimum Gasteiger partial charge on any atom is -0.392 e. The van der Waals surface area contributed by atoms with Gasteiger partial charge >= 0.3 is 5.69 Å². The zero-order chi connectivity index (χ0) is 19.0. The Bertz CT molecular complexity index is 1120. The lowest BCUT2D eigenvalue weighted by molar-refractivity contribution is 0.0931. The summed E-state index contributed by atoms with van der Waals surface area (Å²) in [5.41, 5.74) is 6.93. The van der Waals surface area contributed by atoms with Gasteiger partial charge in [-0.1, -0.05) is 54.6 Å². The number of aromatic amines is 2. The molecule has 0 saturated heterocycles. The van der Waals surface area contributed by atoms with Gasteiger partial charge in [-0.25, -0.2) is 4.79 Å². The molecule has 0 radical (unpaired) electrons. The van der Waals surface area contributed by atoms with E-state index in [1.807, 2.05) is 41.4 Å². The number of benzene rings is 2. The Labute approximate surface area is 154 Å². The summed E-state index contributed by atoms with van der Waals surface area (Å²) in [4.78, 5) is 40.1. The van der Waals surface area contributed by atoms with E-state index in [-0.39, 0.29) is 23.3 Å². The van der Waals surface area contributed by atoms with E-state index in [1.165, 1.54) is 5.56 Å². The zero-order valence-electron chi connectivity index (χ0n) is 14.4. The van der Waals surface area contributed by atoms with Crippen LogP contribution in [-0.2, 0) is 0 Å². The third-order valence-corrected chi connectivity index (χ3v) is 4.93. The molecule has 0 fully saturated rings. The molecule has 136 valence electrons. The van der Waals surface area contributed by atoms with Crippen LogP contribution in [0.25, 0.3) is 0 Å². The van der Waals surface area contributed by atoms with Crippen molar-refractivity contribution in [1.82, 2.24) is 15.3 Å². The summed E-state index contributed by atoms with van der Waals surface area (Å²) in [5, 5.41) is 2.90. The first-order valence-electron chi connectivity index (χ1n) is 8.61. The minimum atomic E-state index is -0.780. The maximum absolute atomic E-state index is 12.7. The number of nitrogens with one attached hydrogen (secondary N) is 3. The van der Waals surface area contributed by atoms with Crippen LogP contribution in [0.15, 0.2) is 64.2 Å². The first-order chi connectivity index (χ1) is 13.0. The minimum absolute atomic E-state index is 0.156. The summed E-state index contributed by atoms with van der Waals surface area (Å²) in [6.45, 7) is 0. The Morgan fingerprint density at radius 2 is 1.63 bits per heavy atom. The number of aromatic nitrogens is 2. The Kier molecular flexibility index (Phi) is 4.12. The molecule has 0 aliphatic heterocycles. The lowest BCUT2D eigenvalue weighted by Gasteiger charge is -2.15. The van der Waals surface area contributed by atoms with Gasteiger partial charge in [0, 0.05) is 5.92 Å². The van der Waals surface area contributed by atoms with E-state index in [0.29, 0.717) is 6.42 Å². The van der Waals surface area contributed by atoms with Crippen LogP contribution in [0, 0.1) is 0 Å². The number of nitrogen functional groups attached to an aromatic ring is 1. The van der Waals surface area contributed by atoms with Gasteiger partial charge in [0.1, 0.15) is 11.4 Å². The number of nitrogens with two attached hydrogens (primary N) is 1. The van der Waals surface area contributed by atoms with E-state index in [1.54, 1.807) is 0 Å². The Balaban J connectivity index is 1.67. The molecule has 2 atom stereocenters. The lowest BCUT2D eigenvalue weighted by Crippen LogP contribution is -2.35. The number of fused-ring (bicyclic) bond motifs is 1. The third-order valence-electron chi connectivity index (χ3n) is 4.93. The summed E-state index contributed by atoms with van der Waals surface area (Å²) in [5.74, 6) is -0.424. The molecule has 7 nitrogen and oxygen atoms in total. The fraction of sp³-hybridized carbons (Fsp3) is 0.150. The molecule has 1 amide bonds. The molecule has 0 spiro atoms. The normalized spacial score (nSPS) is 18.1. The van der Waals surface area contributed by atoms with Gasteiger partial charge in [0.25, 0.3) is 11.5 Å². The van der Waals surface area contributed by atoms with Gasteiger partial charge in [0.15, 0.2) is 0 Å². The van der Waals surface area contributed by atoms with Crippen molar-refractivity contribution in [3.63, 3.8) is 0 Å². The van der Waals surface area contributed by atoms with Crippen molar-refractivity contribution in [1.29, 1.82) is 0 Å². The van der Waals surface area contributed by atoms with E-state index in [9.17, 15) is 14.4 Å². The highest BCUT2D eigenvalue weighted by molar-refractivity contribution is 5.97. The highest BCUT2D eigenvalue weighted by Crippen LogP contribution is 2.43. The second-order valence-electron chi connectivity index (χ2n) is 6.55. The standard InChI is InChI=1S/C20H18N4O3/c21-16-17(23-20(27)24-18(16)25)19(26)22-15-10-14(11-6-2-1-3-7-11)12-8-4-5-9-13(12)15/h1-9,14-15H,10,21H2,(H,22,26)(H2,23,24,25,27)/t14-,15-/m1/s1. The Morgan fingerprint density at radius 3 is 2.37 bits per heavy atom. The molecule has 0 unspecified atom stereocenters. The van der Waals surface area contributed by atoms with Crippen LogP contribution in [0.1, 0.15) is 45.6 Å². The predicted molar refractivity (Wildman–Crippen MR) is 102 cm³/mol. The van der Waals surface area contributed by atoms with Crippen LogP contribution < -0.4 is 22.3 Å². The van der Waals surface area contributed by atoms with Crippen molar-refractivity contribution in [3.05, 3.63) is 97.8 Å². The maximum Gasteiger partial charge on any atom is 0.326 e. The van der Waals surface area contributed by atoms with Crippen LogP contribution in [0.3, 0.4) is 0 Å². The van der Waals surface area contributed by atoms with Gasteiger partial charge in [-0.05, 0) is 23.1 Å². The first kappa shape index (κ1) is 16.8. The maximum atomic E-state index is 12.7. The smallest absolute Gasteiger partial charge is 0.326 e. The molecule has 27 heavy (non-hydrogen) atoms. The topological polar surface area (TPSA) is 121 Å². The molecule has 1 aliphatic rings. The van der Waals surface area contributed by atoms with Crippen molar-refractivity contribution in [2.45, 2.75) is 18.4 Å². The quantitative estimate of drug-likeness (QED) is 0.566. The number of carbonyl (C=O) groups is 1. The van der Waals surface area contributed by atoms with Gasteiger partial charge in [0.2, 0.25) is 0 Å². The molecule has 5 N–H and O–H groups in total. The molecular formula is C20H18N4O3. The van der Waals surface area contributed by atoms with E-state index >= 15 is 0 Å². The highest BCUT2D eigenvalue weighted by atomic mass is 16.2. The third kappa shape index (κ3) is 3.03. The Morgan fingerprint density at radius 1 is 0.963 bits per heavy atom. The monoisotopic (exact) mass is 362 g/mol. The summed E-state index contributed by atoms with van der Waals surface area (Å²) < 4.78 is 0. The van der Waals surface area contributed by atoms with Crippen molar-refractivity contribution in [3.8, 4) is 0 Å². The molecular weight excluding hydrogens is 344 g/mol. The summed E-state index contributed by atoms with van der Waals surface area (Å²) in [6.07, 6.45) is 0.683. The molecule has 1 aliphatic carbocycles. The van der Waals surface area contributed by atoms with E-state index in [0.717, 1.165) is 11.1 Å². The number of hydrogen-bond donors (Lipinski definition) is 4. The van der Waals surface area contributed by atoms with Crippen molar-refractivity contribution < 1.29 is 4.79 Å². The Hall–Kier alpha value is -3.61. The molecule has 2 aromatic carbocycles. The second-order valence-corrected chi connectivity index (χ2v) is 6.55. The number of anilines is 1. The van der Waals surface area contributed by atoms with Crippen LogP contribution in [0.2, 0.25) is 0 Å². The van der Waals surface area contributed by atoms with Gasteiger partial charge in [-0.15, -0.1) is 0 Å². The van der Waals surface area contributed by atoms with Crippen LogP contribution in [0.4, 0.5) is 5.69 Å². The van der Waals surface area contributed by atoms with Crippen LogP contribution >= 0.6 is 0 Å². The predicted octanol–water partition coefficient (Wildman–Crippen LogP) is 1.65. The lowest BCUT2D eigenvalue weighted by atomic mass is 9.93. The summed E-state index contributed by atoms with van der Waals surface area (Å²) >= 11 is 0. The van der Waals surface area contributed by atoms with E-state index in [4.69, 9.17) is 5.73 Å². The number of amides is 1. The fourth-order valence-electron chi connectivity index (χ4n) is 3.68. The molecule has 1 aromatic heterocycles. The molecule has 4 rings (SSSR count). The fourth-order valence-corrected chi connectivity index (χ4v) is 3.68. The van der Waals surface area contributed by atoms with Gasteiger partial charge in [-0.2, -0.15) is 0 Å². The summed E-state index contributed by atoms with van der Waals surface area (Å²) in [7, 11) is 0. The van der Waals surface area contributed by atoms with E-state index < -0.39 is 17.2 Å². The molecule has 1 heterocycles. The molecule has 0 bridgehead atoms. The summed E-state index contributed by atoms with van der Waals surface area (Å²) in [6, 6.07) is 17.8. The average molecular weight is 362 g/mol. The zero-order valence-corrected chi connectivity index (χ0v) is 14.4. The number of rotatable bonds is 3. The number of carbonyl (C=O) groups excluding carboxylic acids is 1. The second kappa shape index (κ2) is 6.60. The molecule has 7 heteroatoms. The van der Waals surface area contributed by atoms with Crippen molar-refractivity contribution in [2.24, 2.45) is 0 Å². The number of H-pyrrole nitrogens is 2. The average Bonchev–Trinajstić information content (AvgIpc) is 3.04. The van der Waals surface area contributed by atoms with Crippen LogP contribution in [0.5, 0.6) is 0 Å². The van der Waals surface area contributed by atoms with Gasteiger partial charge in [0.05, 0.1) is 6.04 Å². The highest BCUT2D eigenvalue weighted by Gasteiger charge is 2.33. The van der Waals surface area contributed by atoms with Crippen molar-refractivity contribution in [2.75, 3.05) is 5.73 Å². The van der Waals surface area contributed by atoms with E-state index in [2.05, 4.69) is 28.5 Å². The van der Waals surface area contributed by atoms with Gasteiger partial charge in [-0.3, -0.25) is 14.6 Å². The largest absolute Gasteiger partial charge is 0.392 e. The molecule has 3 aromatic rings. The number of hydrogen-bond acceptors (Lipinski definition) is 4. The van der Waals surface area contributed by atoms with Crippen molar-refractivity contribution >= 4 is 11.6 Å². The first-order valence-corrected chi connectivity index (χ1v) is 8.61. The van der Waals surface area contributed by atoms with Gasteiger partial charge < -0.3 is 16.0 Å². The van der Waals surface area contributed by atoms with Crippen LogP contribution in [-0.4, -0.2) is 15.9 Å².